The van der Waals surface area contributed by atoms with Crippen molar-refractivity contribution in [1.29, 1.82) is 0 Å². The number of benzene rings is 1. The first-order chi connectivity index (χ1) is 7.58. The van der Waals surface area contributed by atoms with E-state index in [1.54, 1.807) is 24.4 Å². The molecular formula is C11H14N4O. The molecule has 1 atom stereocenters. The van der Waals surface area contributed by atoms with Crippen LogP contribution in [0.2, 0.25) is 0 Å². The van der Waals surface area contributed by atoms with E-state index in [9.17, 15) is 4.79 Å². The number of nitrogens with two attached hydrogens (primary N) is 2. The van der Waals surface area contributed by atoms with Gasteiger partial charge in [-0.05, 0) is 18.2 Å². The van der Waals surface area contributed by atoms with Crippen LogP contribution in [0, 0.1) is 5.92 Å². The maximum Gasteiger partial charge on any atom is 0.248 e. The van der Waals surface area contributed by atoms with Gasteiger partial charge in [0, 0.05) is 18.6 Å². The van der Waals surface area contributed by atoms with Crippen molar-refractivity contribution < 1.29 is 4.79 Å². The van der Waals surface area contributed by atoms with Crippen LogP contribution in [0.15, 0.2) is 23.3 Å². The van der Waals surface area contributed by atoms with Crippen molar-refractivity contribution in [2.75, 3.05) is 16.5 Å². The average Bonchev–Trinajstić information content (AvgIpc) is 2.22. The number of rotatable bonds is 1. The molecule has 1 amide bonds. The van der Waals surface area contributed by atoms with Crippen LogP contribution in [0.5, 0.6) is 0 Å². The molecule has 1 unspecified atom stereocenters. The molecular weight excluding hydrogens is 204 g/mol. The highest BCUT2D eigenvalue weighted by Gasteiger charge is 2.21. The Morgan fingerprint density at radius 2 is 2.12 bits per heavy atom. The fraction of sp³-hybridized carbons (Fsp3) is 0.273. The van der Waals surface area contributed by atoms with E-state index in [2.05, 4.69) is 5.10 Å². The SMILES string of the molecule is CC1C=NN(c2ccc(N)c(N)c2)C(=O)C1. The Hall–Kier alpha value is -2.04. The summed E-state index contributed by atoms with van der Waals surface area (Å²) < 4.78 is 0. The highest BCUT2D eigenvalue weighted by Crippen LogP contribution is 2.25. The third-order valence-electron chi connectivity index (χ3n) is 2.48. The van der Waals surface area contributed by atoms with Crippen molar-refractivity contribution >= 4 is 29.2 Å². The number of carbonyl (C=O) groups is 1. The molecule has 0 aromatic heterocycles. The van der Waals surface area contributed by atoms with E-state index in [0.717, 1.165) is 0 Å². The Labute approximate surface area is 93.7 Å². The van der Waals surface area contributed by atoms with E-state index < -0.39 is 0 Å². The lowest BCUT2D eigenvalue weighted by atomic mass is 10.1. The summed E-state index contributed by atoms with van der Waals surface area (Å²) in [6, 6.07) is 5.06. The molecule has 5 heteroatoms. The van der Waals surface area contributed by atoms with Crippen LogP contribution in [0.3, 0.4) is 0 Å². The van der Waals surface area contributed by atoms with Gasteiger partial charge in [-0.15, -0.1) is 0 Å². The highest BCUT2D eigenvalue weighted by molar-refractivity contribution is 5.98. The van der Waals surface area contributed by atoms with Crippen molar-refractivity contribution in [2.45, 2.75) is 13.3 Å². The van der Waals surface area contributed by atoms with E-state index in [-0.39, 0.29) is 11.8 Å². The van der Waals surface area contributed by atoms with Gasteiger partial charge in [0.25, 0.3) is 0 Å². The summed E-state index contributed by atoms with van der Waals surface area (Å²) in [6.45, 7) is 1.95. The van der Waals surface area contributed by atoms with Gasteiger partial charge in [0.1, 0.15) is 0 Å². The number of hydrogen-bond donors (Lipinski definition) is 2. The number of nitrogens with zero attached hydrogens (tertiary/aromatic N) is 2. The Balaban J connectivity index is 2.34. The van der Waals surface area contributed by atoms with Gasteiger partial charge in [-0.2, -0.15) is 5.10 Å². The molecule has 4 N–H and O–H groups in total. The van der Waals surface area contributed by atoms with Crippen LogP contribution < -0.4 is 16.5 Å². The van der Waals surface area contributed by atoms with Gasteiger partial charge in [-0.3, -0.25) is 4.79 Å². The van der Waals surface area contributed by atoms with Crippen molar-refractivity contribution in [2.24, 2.45) is 11.0 Å². The summed E-state index contributed by atoms with van der Waals surface area (Å²) in [5.41, 5.74) is 12.9. The fourth-order valence-electron chi connectivity index (χ4n) is 1.56. The molecule has 1 aromatic rings. The summed E-state index contributed by atoms with van der Waals surface area (Å²) in [7, 11) is 0. The van der Waals surface area contributed by atoms with Crippen molar-refractivity contribution in [1.82, 2.24) is 0 Å². The first kappa shape index (κ1) is 10.5. The van der Waals surface area contributed by atoms with E-state index in [1.807, 2.05) is 6.92 Å². The molecule has 1 aliphatic rings. The third-order valence-corrected chi connectivity index (χ3v) is 2.48. The van der Waals surface area contributed by atoms with Crippen LogP contribution in [0.1, 0.15) is 13.3 Å². The topological polar surface area (TPSA) is 84.7 Å². The predicted molar refractivity (Wildman–Crippen MR) is 65.0 cm³/mol. The molecule has 0 aliphatic carbocycles. The monoisotopic (exact) mass is 218 g/mol. The number of hydrogen-bond acceptors (Lipinski definition) is 4. The van der Waals surface area contributed by atoms with Gasteiger partial charge < -0.3 is 11.5 Å². The normalized spacial score (nSPS) is 20.2. The Bertz CT molecular complexity index is 455. The Morgan fingerprint density at radius 3 is 2.75 bits per heavy atom. The minimum absolute atomic E-state index is 0.0285. The zero-order chi connectivity index (χ0) is 11.7. The zero-order valence-corrected chi connectivity index (χ0v) is 9.05. The maximum atomic E-state index is 11.7. The molecule has 0 bridgehead atoms. The lowest BCUT2D eigenvalue weighted by Crippen LogP contribution is -2.31. The zero-order valence-electron chi connectivity index (χ0n) is 9.05. The van der Waals surface area contributed by atoms with Gasteiger partial charge >= 0.3 is 0 Å². The molecule has 5 nitrogen and oxygen atoms in total. The molecule has 0 spiro atoms. The Kier molecular flexibility index (Phi) is 2.52. The molecule has 0 radical (unpaired) electrons. The first-order valence-electron chi connectivity index (χ1n) is 5.10. The van der Waals surface area contributed by atoms with Crippen LogP contribution >= 0.6 is 0 Å². The molecule has 16 heavy (non-hydrogen) atoms. The van der Waals surface area contributed by atoms with Crippen LogP contribution in [-0.4, -0.2) is 12.1 Å². The smallest absolute Gasteiger partial charge is 0.248 e. The van der Waals surface area contributed by atoms with Crippen LogP contribution in [-0.2, 0) is 4.79 Å². The minimum atomic E-state index is -0.0285. The van der Waals surface area contributed by atoms with Crippen molar-refractivity contribution in [3.8, 4) is 0 Å². The van der Waals surface area contributed by atoms with Gasteiger partial charge in [0.05, 0.1) is 17.1 Å². The predicted octanol–water partition coefficient (Wildman–Crippen LogP) is 1.21. The number of amides is 1. The Morgan fingerprint density at radius 1 is 1.38 bits per heavy atom. The molecule has 0 saturated heterocycles. The van der Waals surface area contributed by atoms with Gasteiger partial charge in [0.2, 0.25) is 5.91 Å². The van der Waals surface area contributed by atoms with Gasteiger partial charge in [-0.1, -0.05) is 6.92 Å². The van der Waals surface area contributed by atoms with E-state index >= 15 is 0 Å². The quantitative estimate of drug-likeness (QED) is 0.695. The second-order valence-corrected chi connectivity index (χ2v) is 3.96. The average molecular weight is 218 g/mol. The van der Waals surface area contributed by atoms with Crippen molar-refractivity contribution in [3.63, 3.8) is 0 Å². The van der Waals surface area contributed by atoms with Crippen LogP contribution in [0.4, 0.5) is 17.1 Å². The standard InChI is InChI=1S/C11H14N4O/c1-7-4-11(16)15(14-6-7)8-2-3-9(12)10(13)5-8/h2-3,5-7H,4,12-13H2,1H3. The fourth-order valence-corrected chi connectivity index (χ4v) is 1.56. The van der Waals surface area contributed by atoms with Gasteiger partial charge in [-0.25, -0.2) is 5.01 Å². The minimum Gasteiger partial charge on any atom is -0.397 e. The summed E-state index contributed by atoms with van der Waals surface area (Å²) in [4.78, 5) is 11.7. The summed E-state index contributed by atoms with van der Waals surface area (Å²) in [6.07, 6.45) is 2.22. The molecule has 0 saturated carbocycles. The summed E-state index contributed by atoms with van der Waals surface area (Å²) in [5, 5.41) is 5.45. The lowest BCUT2D eigenvalue weighted by Gasteiger charge is -2.23. The van der Waals surface area contributed by atoms with E-state index in [0.29, 0.717) is 23.5 Å². The van der Waals surface area contributed by atoms with Crippen molar-refractivity contribution in [3.05, 3.63) is 18.2 Å². The summed E-state index contributed by atoms with van der Waals surface area (Å²) in [5.74, 6) is 0.161. The molecule has 1 heterocycles. The highest BCUT2D eigenvalue weighted by atomic mass is 16.2. The largest absolute Gasteiger partial charge is 0.397 e. The lowest BCUT2D eigenvalue weighted by molar-refractivity contribution is -0.119. The van der Waals surface area contributed by atoms with Gasteiger partial charge in [0.15, 0.2) is 0 Å². The van der Waals surface area contributed by atoms with E-state index in [1.165, 1.54) is 5.01 Å². The molecule has 84 valence electrons. The number of nitrogen functional groups attached to an aromatic ring is 2. The third kappa shape index (κ3) is 1.84. The second kappa shape index (κ2) is 3.84. The molecule has 1 aliphatic heterocycles. The number of anilines is 3. The summed E-state index contributed by atoms with van der Waals surface area (Å²) >= 11 is 0. The first-order valence-corrected chi connectivity index (χ1v) is 5.10. The molecule has 2 rings (SSSR count). The molecule has 0 fully saturated rings. The second-order valence-electron chi connectivity index (χ2n) is 3.96. The van der Waals surface area contributed by atoms with Crippen LogP contribution in [0.25, 0.3) is 0 Å². The number of carbonyl (C=O) groups excluding carboxylic acids is 1. The maximum absolute atomic E-state index is 11.7. The van der Waals surface area contributed by atoms with E-state index in [4.69, 9.17) is 11.5 Å². The molecule has 1 aromatic carbocycles. The number of hydrazone groups is 1.